The quantitative estimate of drug-likeness (QED) is 0.454. The third-order valence-electron chi connectivity index (χ3n) is 2.27. The van der Waals surface area contributed by atoms with E-state index in [4.69, 9.17) is 0 Å². The molecule has 6 heteroatoms. The maximum Gasteiger partial charge on any atom is 0.283 e. The Morgan fingerprint density at radius 2 is 2.00 bits per heavy atom. The lowest BCUT2D eigenvalue weighted by Gasteiger charge is -2.07. The molecular weight excluding hydrogens is 220 g/mol. The first-order valence-corrected chi connectivity index (χ1v) is 4.43. The monoisotopic (exact) mass is 229 g/mol. The van der Waals surface area contributed by atoms with Gasteiger partial charge >= 0.3 is 0 Å². The lowest BCUT2D eigenvalue weighted by atomic mass is 10.0. The van der Waals surface area contributed by atoms with Crippen LogP contribution in [0.25, 0.3) is 0 Å². The van der Waals surface area contributed by atoms with Crippen molar-refractivity contribution in [2.24, 2.45) is 0 Å². The Kier molecular flexibility index (Phi) is 3.31. The summed E-state index contributed by atoms with van der Waals surface area (Å²) < 4.78 is 25.0. The first kappa shape index (κ1) is 12.2. The summed E-state index contributed by atoms with van der Waals surface area (Å²) in [6, 6.07) is 2.11. The van der Waals surface area contributed by atoms with E-state index in [9.17, 15) is 23.7 Å². The van der Waals surface area contributed by atoms with Gasteiger partial charge in [0.15, 0.2) is 5.78 Å². The van der Waals surface area contributed by atoms with Crippen molar-refractivity contribution in [2.45, 2.75) is 20.3 Å². The van der Waals surface area contributed by atoms with Crippen molar-refractivity contribution in [3.63, 3.8) is 0 Å². The maximum absolute atomic E-state index is 12.5. The average Bonchev–Trinajstić information content (AvgIpc) is 2.15. The summed E-state index contributed by atoms with van der Waals surface area (Å²) in [6.07, 6.45) is -2.79. The highest BCUT2D eigenvalue weighted by Crippen LogP contribution is 2.32. The van der Waals surface area contributed by atoms with Crippen molar-refractivity contribution in [3.8, 4) is 0 Å². The van der Waals surface area contributed by atoms with E-state index in [0.29, 0.717) is 0 Å². The Balaban J connectivity index is 3.54. The summed E-state index contributed by atoms with van der Waals surface area (Å²) in [7, 11) is 0. The summed E-state index contributed by atoms with van der Waals surface area (Å²) in [6.45, 7) is 2.37. The number of ketones is 1. The molecule has 0 unspecified atom stereocenters. The van der Waals surface area contributed by atoms with Crippen LogP contribution in [0.1, 0.15) is 34.8 Å². The molecule has 0 saturated heterocycles. The average molecular weight is 229 g/mol. The first-order chi connectivity index (χ1) is 7.36. The van der Waals surface area contributed by atoms with Gasteiger partial charge in [0, 0.05) is 11.1 Å². The number of nitro benzene ring substituents is 1. The van der Waals surface area contributed by atoms with E-state index in [0.717, 1.165) is 19.1 Å². The van der Waals surface area contributed by atoms with Crippen LogP contribution in [0.15, 0.2) is 12.1 Å². The maximum atomic E-state index is 12.5. The van der Waals surface area contributed by atoms with Crippen molar-refractivity contribution in [3.05, 3.63) is 38.9 Å². The molecule has 0 aliphatic carbocycles. The number of rotatable bonds is 3. The second kappa shape index (κ2) is 4.34. The first-order valence-electron chi connectivity index (χ1n) is 4.43. The molecule has 0 saturated carbocycles. The standard InChI is InChI=1S/C10H9F2NO3/c1-5-7(10(11)12)3-4-8(6(2)14)9(5)13(15)16/h3-4,10H,1-2H3. The molecule has 0 amide bonds. The molecule has 0 N–H and O–H groups in total. The van der Waals surface area contributed by atoms with E-state index in [1.54, 1.807) is 0 Å². The molecule has 16 heavy (non-hydrogen) atoms. The number of hydrogen-bond donors (Lipinski definition) is 0. The summed E-state index contributed by atoms with van der Waals surface area (Å²) >= 11 is 0. The SMILES string of the molecule is CC(=O)c1ccc(C(F)F)c(C)c1[N+](=O)[O-]. The molecule has 0 bridgehead atoms. The molecule has 4 nitrogen and oxygen atoms in total. The summed E-state index contributed by atoms with van der Waals surface area (Å²) in [4.78, 5) is 21.0. The van der Waals surface area contributed by atoms with Gasteiger partial charge in [0.25, 0.3) is 12.1 Å². The number of nitro groups is 1. The van der Waals surface area contributed by atoms with Gasteiger partial charge in [0.1, 0.15) is 0 Å². The van der Waals surface area contributed by atoms with Crippen LogP contribution < -0.4 is 0 Å². The predicted octanol–water partition coefficient (Wildman–Crippen LogP) is 3.04. The number of alkyl halides is 2. The Morgan fingerprint density at radius 3 is 2.38 bits per heavy atom. The minimum Gasteiger partial charge on any atom is -0.294 e. The third kappa shape index (κ3) is 2.05. The zero-order chi connectivity index (χ0) is 12.5. The van der Waals surface area contributed by atoms with Crippen molar-refractivity contribution in [1.82, 2.24) is 0 Å². The van der Waals surface area contributed by atoms with Gasteiger partial charge in [0.2, 0.25) is 0 Å². The fourth-order valence-corrected chi connectivity index (χ4v) is 1.47. The minimum absolute atomic E-state index is 0.146. The number of carbonyl (C=O) groups excluding carboxylic acids is 1. The molecule has 0 spiro atoms. The van der Waals surface area contributed by atoms with Gasteiger partial charge in [-0.1, -0.05) is 6.07 Å². The lowest BCUT2D eigenvalue weighted by Crippen LogP contribution is -2.05. The molecular formula is C10H9F2NO3. The van der Waals surface area contributed by atoms with Crippen molar-refractivity contribution >= 4 is 11.5 Å². The fraction of sp³-hybridized carbons (Fsp3) is 0.300. The second-order valence-corrected chi connectivity index (χ2v) is 3.29. The van der Waals surface area contributed by atoms with Gasteiger partial charge in [-0.15, -0.1) is 0 Å². The van der Waals surface area contributed by atoms with Gasteiger partial charge in [-0.05, 0) is 19.9 Å². The normalized spacial score (nSPS) is 10.6. The van der Waals surface area contributed by atoms with Crippen LogP contribution in [-0.4, -0.2) is 10.7 Å². The van der Waals surface area contributed by atoms with E-state index in [1.807, 2.05) is 0 Å². The highest BCUT2D eigenvalue weighted by atomic mass is 19.3. The van der Waals surface area contributed by atoms with Crippen LogP contribution in [0.2, 0.25) is 0 Å². The Morgan fingerprint density at radius 1 is 1.44 bits per heavy atom. The number of benzene rings is 1. The number of nitrogens with zero attached hydrogens (tertiary/aromatic N) is 1. The van der Waals surface area contributed by atoms with Crippen molar-refractivity contribution in [2.75, 3.05) is 0 Å². The number of Topliss-reactive ketones (excluding diaryl/α,β-unsaturated/α-hetero) is 1. The molecule has 0 atom stereocenters. The molecule has 1 aromatic rings. The Hall–Kier alpha value is -1.85. The molecule has 0 fully saturated rings. The van der Waals surface area contributed by atoms with Crippen LogP contribution in [-0.2, 0) is 0 Å². The van der Waals surface area contributed by atoms with Gasteiger partial charge in [0.05, 0.1) is 10.5 Å². The highest BCUT2D eigenvalue weighted by Gasteiger charge is 2.25. The second-order valence-electron chi connectivity index (χ2n) is 3.29. The van der Waals surface area contributed by atoms with E-state index >= 15 is 0 Å². The molecule has 0 radical (unpaired) electrons. The zero-order valence-corrected chi connectivity index (χ0v) is 8.66. The van der Waals surface area contributed by atoms with Crippen molar-refractivity contribution in [1.29, 1.82) is 0 Å². The van der Waals surface area contributed by atoms with Gasteiger partial charge < -0.3 is 0 Å². The van der Waals surface area contributed by atoms with Crippen LogP contribution in [0, 0.1) is 17.0 Å². The van der Waals surface area contributed by atoms with Crippen molar-refractivity contribution < 1.29 is 18.5 Å². The molecule has 0 aliphatic heterocycles. The van der Waals surface area contributed by atoms with Crippen LogP contribution in [0.4, 0.5) is 14.5 Å². The fourth-order valence-electron chi connectivity index (χ4n) is 1.47. The van der Waals surface area contributed by atoms with E-state index in [2.05, 4.69) is 0 Å². The zero-order valence-electron chi connectivity index (χ0n) is 8.66. The molecule has 1 rings (SSSR count). The number of halogens is 2. The highest BCUT2D eigenvalue weighted by molar-refractivity contribution is 5.98. The molecule has 1 aromatic carbocycles. The van der Waals surface area contributed by atoms with Gasteiger partial charge in [-0.2, -0.15) is 0 Å². The summed E-state index contributed by atoms with van der Waals surface area (Å²) in [5.41, 5.74) is -1.26. The predicted molar refractivity (Wildman–Crippen MR) is 52.8 cm³/mol. The van der Waals surface area contributed by atoms with E-state index in [1.165, 1.54) is 6.92 Å². The largest absolute Gasteiger partial charge is 0.294 e. The van der Waals surface area contributed by atoms with Gasteiger partial charge in [-0.3, -0.25) is 14.9 Å². The number of hydrogen-bond acceptors (Lipinski definition) is 3. The molecule has 0 aromatic heterocycles. The molecule has 86 valence electrons. The lowest BCUT2D eigenvalue weighted by molar-refractivity contribution is -0.385. The Labute approximate surface area is 90.0 Å². The molecule has 0 heterocycles. The van der Waals surface area contributed by atoms with Crippen LogP contribution >= 0.6 is 0 Å². The van der Waals surface area contributed by atoms with E-state index in [-0.39, 0.29) is 11.1 Å². The van der Waals surface area contributed by atoms with Crippen LogP contribution in [0.5, 0.6) is 0 Å². The van der Waals surface area contributed by atoms with Gasteiger partial charge in [-0.25, -0.2) is 8.78 Å². The Bertz CT molecular complexity index is 458. The third-order valence-corrected chi connectivity index (χ3v) is 2.27. The summed E-state index contributed by atoms with van der Waals surface area (Å²) in [5.74, 6) is -0.518. The minimum atomic E-state index is -2.79. The number of carbonyl (C=O) groups is 1. The van der Waals surface area contributed by atoms with E-state index < -0.39 is 28.4 Å². The summed E-state index contributed by atoms with van der Waals surface area (Å²) in [5, 5.41) is 10.7. The van der Waals surface area contributed by atoms with Crippen LogP contribution in [0.3, 0.4) is 0 Å². The molecule has 0 aliphatic rings. The topological polar surface area (TPSA) is 60.2 Å². The smallest absolute Gasteiger partial charge is 0.283 e.